The van der Waals surface area contributed by atoms with Crippen molar-refractivity contribution in [3.05, 3.63) is 53.6 Å². The lowest BCUT2D eigenvalue weighted by molar-refractivity contribution is -0.143. The Morgan fingerprint density at radius 1 is 1.07 bits per heavy atom. The fourth-order valence-corrected chi connectivity index (χ4v) is 2.91. The SMILES string of the molecule is Cc1cnc(C(=O)Nc2ccc(C(=O)N3CCC(C(=O)O)CC3)cc2)cn1. The van der Waals surface area contributed by atoms with Crippen molar-refractivity contribution in [2.75, 3.05) is 18.4 Å². The number of amides is 2. The number of rotatable bonds is 4. The predicted octanol–water partition coefficient (Wildman–Crippen LogP) is 1.97. The van der Waals surface area contributed by atoms with Crippen molar-refractivity contribution >= 4 is 23.5 Å². The topological polar surface area (TPSA) is 112 Å². The molecule has 2 aromatic rings. The highest BCUT2D eigenvalue weighted by molar-refractivity contribution is 6.03. The highest BCUT2D eigenvalue weighted by atomic mass is 16.4. The minimum atomic E-state index is -0.805. The highest BCUT2D eigenvalue weighted by Crippen LogP contribution is 2.20. The van der Waals surface area contributed by atoms with Crippen LogP contribution in [0.1, 0.15) is 39.4 Å². The van der Waals surface area contributed by atoms with E-state index in [1.165, 1.54) is 12.4 Å². The Morgan fingerprint density at radius 3 is 2.30 bits per heavy atom. The van der Waals surface area contributed by atoms with Crippen molar-refractivity contribution in [3.63, 3.8) is 0 Å². The lowest BCUT2D eigenvalue weighted by Gasteiger charge is -2.30. The molecular weight excluding hydrogens is 348 g/mol. The average molecular weight is 368 g/mol. The van der Waals surface area contributed by atoms with E-state index >= 15 is 0 Å². The summed E-state index contributed by atoms with van der Waals surface area (Å²) in [6, 6.07) is 6.58. The van der Waals surface area contributed by atoms with Gasteiger partial charge in [-0.3, -0.25) is 19.4 Å². The summed E-state index contributed by atoms with van der Waals surface area (Å²) in [5.74, 6) is -1.70. The Kier molecular flexibility index (Phi) is 5.44. The first-order valence-electron chi connectivity index (χ1n) is 8.66. The second-order valence-corrected chi connectivity index (χ2v) is 6.48. The third-order valence-corrected chi connectivity index (χ3v) is 4.53. The number of hydrogen-bond acceptors (Lipinski definition) is 5. The highest BCUT2D eigenvalue weighted by Gasteiger charge is 2.27. The number of carbonyl (C=O) groups excluding carboxylic acids is 2. The normalized spacial score (nSPS) is 14.6. The van der Waals surface area contributed by atoms with Crippen LogP contribution in [-0.4, -0.2) is 50.8 Å². The molecule has 8 nitrogen and oxygen atoms in total. The average Bonchev–Trinajstić information content (AvgIpc) is 2.68. The predicted molar refractivity (Wildman–Crippen MR) is 97.4 cm³/mol. The van der Waals surface area contributed by atoms with Gasteiger partial charge in [0.15, 0.2) is 0 Å². The maximum Gasteiger partial charge on any atom is 0.306 e. The molecule has 1 aliphatic heterocycles. The van der Waals surface area contributed by atoms with E-state index in [0.29, 0.717) is 37.2 Å². The van der Waals surface area contributed by atoms with E-state index < -0.39 is 5.97 Å². The van der Waals surface area contributed by atoms with Crippen LogP contribution in [0.2, 0.25) is 0 Å². The summed E-state index contributed by atoms with van der Waals surface area (Å²) < 4.78 is 0. The zero-order valence-electron chi connectivity index (χ0n) is 14.9. The van der Waals surface area contributed by atoms with Crippen LogP contribution < -0.4 is 5.32 Å². The van der Waals surface area contributed by atoms with Crippen LogP contribution in [0.15, 0.2) is 36.7 Å². The first-order chi connectivity index (χ1) is 12.9. The molecule has 3 rings (SSSR count). The van der Waals surface area contributed by atoms with Gasteiger partial charge in [-0.05, 0) is 44.0 Å². The first kappa shape index (κ1) is 18.5. The summed E-state index contributed by atoms with van der Waals surface area (Å²) >= 11 is 0. The van der Waals surface area contributed by atoms with Gasteiger partial charge in [-0.25, -0.2) is 4.98 Å². The number of carboxylic acids is 1. The molecule has 1 saturated heterocycles. The van der Waals surface area contributed by atoms with Crippen LogP contribution in [0.4, 0.5) is 5.69 Å². The van der Waals surface area contributed by atoms with Gasteiger partial charge in [-0.2, -0.15) is 0 Å². The number of aryl methyl sites for hydroxylation is 1. The zero-order valence-corrected chi connectivity index (χ0v) is 14.9. The van der Waals surface area contributed by atoms with E-state index in [2.05, 4.69) is 15.3 Å². The fraction of sp³-hybridized carbons (Fsp3) is 0.316. The minimum Gasteiger partial charge on any atom is -0.481 e. The Labute approximate surface area is 156 Å². The summed E-state index contributed by atoms with van der Waals surface area (Å²) in [6.07, 6.45) is 3.85. The van der Waals surface area contributed by atoms with Gasteiger partial charge in [-0.15, -0.1) is 0 Å². The van der Waals surface area contributed by atoms with Crippen LogP contribution in [0.5, 0.6) is 0 Å². The van der Waals surface area contributed by atoms with E-state index in [1.54, 1.807) is 36.1 Å². The molecule has 2 N–H and O–H groups in total. The number of likely N-dealkylation sites (tertiary alicyclic amines) is 1. The van der Waals surface area contributed by atoms with Crippen LogP contribution in [-0.2, 0) is 4.79 Å². The maximum atomic E-state index is 12.5. The van der Waals surface area contributed by atoms with Crippen LogP contribution in [0.3, 0.4) is 0 Å². The molecule has 1 aromatic carbocycles. The van der Waals surface area contributed by atoms with Crippen molar-refractivity contribution in [1.82, 2.24) is 14.9 Å². The quantitative estimate of drug-likeness (QED) is 0.853. The molecule has 2 heterocycles. The summed E-state index contributed by atoms with van der Waals surface area (Å²) in [5.41, 5.74) is 1.98. The van der Waals surface area contributed by atoms with Gasteiger partial charge in [0.05, 0.1) is 17.8 Å². The lowest BCUT2D eigenvalue weighted by Crippen LogP contribution is -2.40. The number of aromatic nitrogens is 2. The molecule has 27 heavy (non-hydrogen) atoms. The van der Waals surface area contributed by atoms with Crippen LogP contribution in [0, 0.1) is 12.8 Å². The maximum absolute atomic E-state index is 12.5. The van der Waals surface area contributed by atoms with E-state index in [-0.39, 0.29) is 23.4 Å². The summed E-state index contributed by atoms with van der Waals surface area (Å²) in [5, 5.41) is 11.7. The number of nitrogens with zero attached hydrogens (tertiary/aromatic N) is 3. The Bertz CT molecular complexity index is 841. The third kappa shape index (κ3) is 4.46. The van der Waals surface area contributed by atoms with Gasteiger partial charge in [0.2, 0.25) is 0 Å². The smallest absolute Gasteiger partial charge is 0.306 e. The monoisotopic (exact) mass is 368 g/mol. The number of piperidine rings is 1. The lowest BCUT2D eigenvalue weighted by atomic mass is 9.96. The summed E-state index contributed by atoms with van der Waals surface area (Å²) in [6.45, 7) is 2.65. The van der Waals surface area contributed by atoms with Gasteiger partial charge < -0.3 is 15.3 Å². The Hall–Kier alpha value is -3.29. The van der Waals surface area contributed by atoms with Crippen LogP contribution in [0.25, 0.3) is 0 Å². The van der Waals surface area contributed by atoms with Crippen molar-refractivity contribution in [3.8, 4) is 0 Å². The second-order valence-electron chi connectivity index (χ2n) is 6.48. The molecule has 1 fully saturated rings. The Balaban J connectivity index is 1.60. The molecule has 0 atom stereocenters. The standard InChI is InChI=1S/C19H20N4O4/c1-12-10-21-16(11-20-12)17(24)22-15-4-2-13(3-5-15)18(25)23-8-6-14(7-9-23)19(26)27/h2-5,10-11,14H,6-9H2,1H3,(H,22,24)(H,26,27). The number of hydrogen-bond donors (Lipinski definition) is 2. The number of benzene rings is 1. The van der Waals surface area contributed by atoms with E-state index in [9.17, 15) is 14.4 Å². The zero-order chi connectivity index (χ0) is 19.4. The van der Waals surface area contributed by atoms with Crippen molar-refractivity contribution in [2.45, 2.75) is 19.8 Å². The van der Waals surface area contributed by atoms with Crippen molar-refractivity contribution in [1.29, 1.82) is 0 Å². The molecule has 0 spiro atoms. The van der Waals surface area contributed by atoms with E-state index in [4.69, 9.17) is 5.11 Å². The van der Waals surface area contributed by atoms with Crippen molar-refractivity contribution < 1.29 is 19.5 Å². The second kappa shape index (κ2) is 7.94. The summed E-state index contributed by atoms with van der Waals surface area (Å²) in [4.78, 5) is 45.4. The fourth-order valence-electron chi connectivity index (χ4n) is 2.91. The molecule has 0 unspecified atom stereocenters. The molecule has 0 saturated carbocycles. The molecule has 140 valence electrons. The van der Waals surface area contributed by atoms with E-state index in [1.807, 2.05) is 0 Å². The Morgan fingerprint density at radius 2 is 1.74 bits per heavy atom. The number of carboxylic acid groups (broad SMARTS) is 1. The molecule has 0 radical (unpaired) electrons. The first-order valence-corrected chi connectivity index (χ1v) is 8.66. The van der Waals surface area contributed by atoms with Gasteiger partial charge in [-0.1, -0.05) is 0 Å². The molecule has 2 amide bonds. The van der Waals surface area contributed by atoms with Gasteiger partial charge in [0.25, 0.3) is 11.8 Å². The van der Waals surface area contributed by atoms with Crippen LogP contribution >= 0.6 is 0 Å². The van der Waals surface area contributed by atoms with Gasteiger partial charge >= 0.3 is 5.97 Å². The third-order valence-electron chi connectivity index (χ3n) is 4.53. The molecule has 8 heteroatoms. The minimum absolute atomic E-state index is 0.138. The van der Waals surface area contributed by atoms with E-state index in [0.717, 1.165) is 5.69 Å². The molecular formula is C19H20N4O4. The molecule has 1 aliphatic rings. The molecule has 0 aliphatic carbocycles. The number of carbonyl (C=O) groups is 3. The number of anilines is 1. The number of nitrogens with one attached hydrogen (secondary N) is 1. The summed E-state index contributed by atoms with van der Waals surface area (Å²) in [7, 11) is 0. The van der Waals surface area contributed by atoms with Gasteiger partial charge in [0, 0.05) is 30.5 Å². The van der Waals surface area contributed by atoms with Gasteiger partial charge in [0.1, 0.15) is 5.69 Å². The molecule has 0 bridgehead atoms. The van der Waals surface area contributed by atoms with Crippen molar-refractivity contribution in [2.24, 2.45) is 5.92 Å². The largest absolute Gasteiger partial charge is 0.481 e. The molecule has 1 aromatic heterocycles. The number of aliphatic carboxylic acids is 1.